The zero-order valence-electron chi connectivity index (χ0n) is 13.4. The predicted octanol–water partition coefficient (Wildman–Crippen LogP) is 2.77. The molecule has 0 saturated heterocycles. The third-order valence-corrected chi connectivity index (χ3v) is 3.63. The van der Waals surface area contributed by atoms with Gasteiger partial charge < -0.3 is 14.4 Å². The van der Waals surface area contributed by atoms with Crippen molar-refractivity contribution in [3.8, 4) is 0 Å². The summed E-state index contributed by atoms with van der Waals surface area (Å²) >= 11 is 3.42. The Morgan fingerprint density at radius 2 is 1.95 bits per heavy atom. The fraction of sp³-hybridized carbons (Fsp3) is 0.600. The van der Waals surface area contributed by atoms with Crippen LogP contribution in [0.5, 0.6) is 0 Å². The van der Waals surface area contributed by atoms with Crippen LogP contribution in [-0.2, 0) is 4.79 Å². The second-order valence-electron chi connectivity index (χ2n) is 5.56. The van der Waals surface area contributed by atoms with E-state index in [-0.39, 0.29) is 24.4 Å². The van der Waals surface area contributed by atoms with Gasteiger partial charge in [-0.1, -0.05) is 6.92 Å². The number of aromatic nitrogens is 1. The molecule has 0 aliphatic rings. The normalized spacial score (nSPS) is 10.8. The van der Waals surface area contributed by atoms with Crippen LogP contribution in [0.4, 0.5) is 0 Å². The SMILES string of the molecule is CCCN(CC(=O)N(C)C)C(=O)c1cc(Br)cn1C(C)C. The van der Waals surface area contributed by atoms with Crippen LogP contribution in [0.25, 0.3) is 0 Å². The topological polar surface area (TPSA) is 45.6 Å². The Hall–Kier alpha value is -1.30. The molecule has 0 atom stereocenters. The van der Waals surface area contributed by atoms with Gasteiger partial charge in [-0.05, 0) is 42.3 Å². The molecule has 6 heteroatoms. The minimum Gasteiger partial charge on any atom is -0.347 e. The van der Waals surface area contributed by atoms with Crippen molar-refractivity contribution >= 4 is 27.7 Å². The first-order valence-electron chi connectivity index (χ1n) is 7.14. The van der Waals surface area contributed by atoms with E-state index in [0.29, 0.717) is 12.2 Å². The molecular weight excluding hydrogens is 334 g/mol. The largest absolute Gasteiger partial charge is 0.347 e. The number of likely N-dealkylation sites (N-methyl/N-ethyl adjacent to an activating group) is 1. The Morgan fingerprint density at radius 1 is 1.33 bits per heavy atom. The minimum absolute atomic E-state index is 0.0708. The Labute approximate surface area is 135 Å². The number of hydrogen-bond acceptors (Lipinski definition) is 2. The molecule has 5 nitrogen and oxygen atoms in total. The predicted molar refractivity (Wildman–Crippen MR) is 87.4 cm³/mol. The molecule has 0 N–H and O–H groups in total. The van der Waals surface area contributed by atoms with Crippen LogP contribution < -0.4 is 0 Å². The molecule has 0 unspecified atom stereocenters. The van der Waals surface area contributed by atoms with E-state index in [0.717, 1.165) is 10.9 Å². The third kappa shape index (κ3) is 4.59. The van der Waals surface area contributed by atoms with Crippen LogP contribution in [0.3, 0.4) is 0 Å². The highest BCUT2D eigenvalue weighted by molar-refractivity contribution is 9.10. The van der Waals surface area contributed by atoms with E-state index in [2.05, 4.69) is 15.9 Å². The molecule has 2 amide bonds. The van der Waals surface area contributed by atoms with E-state index in [1.165, 1.54) is 4.90 Å². The maximum Gasteiger partial charge on any atom is 0.270 e. The molecule has 0 aliphatic carbocycles. The molecule has 0 fully saturated rings. The van der Waals surface area contributed by atoms with Crippen LogP contribution in [0.1, 0.15) is 43.7 Å². The van der Waals surface area contributed by atoms with Gasteiger partial charge in [0, 0.05) is 37.4 Å². The lowest BCUT2D eigenvalue weighted by Gasteiger charge is -2.24. The van der Waals surface area contributed by atoms with Crippen LogP contribution in [-0.4, -0.2) is 53.4 Å². The van der Waals surface area contributed by atoms with Crippen molar-refractivity contribution < 1.29 is 9.59 Å². The Balaban J connectivity index is 3.03. The summed E-state index contributed by atoms with van der Waals surface area (Å²) in [7, 11) is 3.40. The first kappa shape index (κ1) is 17.8. The van der Waals surface area contributed by atoms with Crippen LogP contribution in [0.2, 0.25) is 0 Å². The van der Waals surface area contributed by atoms with E-state index in [9.17, 15) is 9.59 Å². The average molecular weight is 358 g/mol. The summed E-state index contributed by atoms with van der Waals surface area (Å²) in [5.41, 5.74) is 0.608. The summed E-state index contributed by atoms with van der Waals surface area (Å²) in [6.45, 7) is 6.73. The smallest absolute Gasteiger partial charge is 0.270 e. The van der Waals surface area contributed by atoms with Crippen molar-refractivity contribution in [1.82, 2.24) is 14.4 Å². The maximum atomic E-state index is 12.7. The molecule has 1 rings (SSSR count). The van der Waals surface area contributed by atoms with E-state index >= 15 is 0 Å². The number of hydrogen-bond donors (Lipinski definition) is 0. The van der Waals surface area contributed by atoms with E-state index < -0.39 is 0 Å². The zero-order chi connectivity index (χ0) is 16.2. The lowest BCUT2D eigenvalue weighted by molar-refractivity contribution is -0.129. The summed E-state index contributed by atoms with van der Waals surface area (Å²) in [5.74, 6) is -0.176. The zero-order valence-corrected chi connectivity index (χ0v) is 15.0. The Bertz CT molecular complexity index is 509. The number of carbonyl (C=O) groups is 2. The molecule has 1 aromatic rings. The molecule has 0 saturated carbocycles. The van der Waals surface area contributed by atoms with E-state index in [4.69, 9.17) is 0 Å². The molecular formula is C15H24BrN3O2. The van der Waals surface area contributed by atoms with Crippen molar-refractivity contribution in [2.45, 2.75) is 33.2 Å². The van der Waals surface area contributed by atoms with Crippen LogP contribution >= 0.6 is 15.9 Å². The van der Waals surface area contributed by atoms with E-state index in [1.54, 1.807) is 19.0 Å². The second kappa shape index (κ2) is 7.64. The van der Waals surface area contributed by atoms with Gasteiger partial charge >= 0.3 is 0 Å². The van der Waals surface area contributed by atoms with Crippen LogP contribution in [0, 0.1) is 0 Å². The fourth-order valence-corrected chi connectivity index (χ4v) is 2.47. The highest BCUT2D eigenvalue weighted by Gasteiger charge is 2.23. The third-order valence-electron chi connectivity index (χ3n) is 3.20. The van der Waals surface area contributed by atoms with Crippen LogP contribution in [0.15, 0.2) is 16.7 Å². The van der Waals surface area contributed by atoms with Crippen molar-refractivity contribution in [1.29, 1.82) is 0 Å². The average Bonchev–Trinajstić information content (AvgIpc) is 2.79. The summed E-state index contributed by atoms with van der Waals surface area (Å²) in [6, 6.07) is 1.99. The number of carbonyl (C=O) groups excluding carboxylic acids is 2. The maximum absolute atomic E-state index is 12.7. The lowest BCUT2D eigenvalue weighted by Crippen LogP contribution is -2.41. The monoisotopic (exact) mass is 357 g/mol. The molecule has 21 heavy (non-hydrogen) atoms. The van der Waals surface area contributed by atoms with Crippen molar-refractivity contribution in [3.63, 3.8) is 0 Å². The van der Waals surface area contributed by atoms with Gasteiger partial charge in [-0.15, -0.1) is 0 Å². The van der Waals surface area contributed by atoms with Gasteiger partial charge in [-0.25, -0.2) is 0 Å². The van der Waals surface area contributed by atoms with Gasteiger partial charge in [0.15, 0.2) is 0 Å². The standard InChI is InChI=1S/C15H24BrN3O2/c1-6-7-18(10-14(20)17(4)5)15(21)13-8-12(16)9-19(13)11(2)3/h8-9,11H,6-7,10H2,1-5H3. The highest BCUT2D eigenvalue weighted by atomic mass is 79.9. The molecule has 118 valence electrons. The summed E-state index contributed by atoms with van der Waals surface area (Å²) < 4.78 is 2.80. The Kier molecular flexibility index (Phi) is 6.45. The molecule has 0 radical (unpaired) electrons. The van der Waals surface area contributed by atoms with Gasteiger partial charge in [0.05, 0.1) is 0 Å². The lowest BCUT2D eigenvalue weighted by atomic mass is 10.3. The second-order valence-corrected chi connectivity index (χ2v) is 6.48. The molecule has 0 spiro atoms. The quantitative estimate of drug-likeness (QED) is 0.785. The van der Waals surface area contributed by atoms with Crippen molar-refractivity contribution in [3.05, 3.63) is 22.4 Å². The first-order chi connectivity index (χ1) is 9.77. The van der Waals surface area contributed by atoms with E-state index in [1.807, 2.05) is 37.6 Å². The number of halogens is 1. The first-order valence-corrected chi connectivity index (χ1v) is 7.94. The Morgan fingerprint density at radius 3 is 2.43 bits per heavy atom. The number of nitrogens with zero attached hydrogens (tertiary/aromatic N) is 3. The van der Waals surface area contributed by atoms with Gasteiger partial charge in [-0.2, -0.15) is 0 Å². The van der Waals surface area contributed by atoms with Gasteiger partial charge in [0.25, 0.3) is 5.91 Å². The summed E-state index contributed by atoms with van der Waals surface area (Å²) in [5, 5.41) is 0. The minimum atomic E-state index is -0.105. The highest BCUT2D eigenvalue weighted by Crippen LogP contribution is 2.21. The van der Waals surface area contributed by atoms with Crippen molar-refractivity contribution in [2.24, 2.45) is 0 Å². The van der Waals surface area contributed by atoms with Gasteiger partial charge in [-0.3, -0.25) is 9.59 Å². The van der Waals surface area contributed by atoms with Gasteiger partial charge in [0.2, 0.25) is 5.91 Å². The molecule has 0 bridgehead atoms. The van der Waals surface area contributed by atoms with Gasteiger partial charge in [0.1, 0.15) is 12.2 Å². The number of rotatable bonds is 6. The summed E-state index contributed by atoms with van der Waals surface area (Å²) in [4.78, 5) is 27.8. The fourth-order valence-electron chi connectivity index (χ4n) is 2.03. The van der Waals surface area contributed by atoms with Crippen molar-refractivity contribution in [2.75, 3.05) is 27.2 Å². The number of amides is 2. The summed E-state index contributed by atoms with van der Waals surface area (Å²) in [6.07, 6.45) is 2.71. The molecule has 1 aromatic heterocycles. The molecule has 0 aliphatic heterocycles. The molecule has 1 heterocycles. The molecule has 0 aromatic carbocycles.